The molecule has 0 radical (unpaired) electrons. The van der Waals surface area contributed by atoms with Crippen LogP contribution in [0, 0.1) is 0 Å². The van der Waals surface area contributed by atoms with Crippen molar-refractivity contribution >= 4 is 20.8 Å². The second-order valence-electron chi connectivity index (χ2n) is 4.52. The highest BCUT2D eigenvalue weighted by Crippen LogP contribution is 2.30. The molecule has 1 rings (SSSR count). The number of methoxy groups -OCH3 is 1. The highest BCUT2D eigenvalue weighted by atomic mass is 32.3. The third-order valence-corrected chi connectivity index (χ3v) is 3.81. The molecule has 0 bridgehead atoms. The normalized spacial score (nSPS) is 31.8. The number of aliphatic hydroxyl groups is 1. The summed E-state index contributed by atoms with van der Waals surface area (Å²) in [6.45, 7) is 2.37. The number of aliphatic hydroxyl groups excluding tert-OH is 1. The van der Waals surface area contributed by atoms with Gasteiger partial charge in [-0.15, -0.1) is 6.58 Å². The van der Waals surface area contributed by atoms with Crippen molar-refractivity contribution in [2.24, 2.45) is 0 Å². The molecule has 1 fully saturated rings. The summed E-state index contributed by atoms with van der Waals surface area (Å²) in [4.78, 5) is 0. The van der Waals surface area contributed by atoms with Gasteiger partial charge in [0.15, 0.2) is 12.4 Å². The molecule has 3 N–H and O–H groups in total. The predicted molar refractivity (Wildman–Crippen MR) is 75.5 cm³/mol. The van der Waals surface area contributed by atoms with Crippen LogP contribution in [0.5, 0.6) is 0 Å². The van der Waals surface area contributed by atoms with E-state index in [-0.39, 0.29) is 6.61 Å². The summed E-state index contributed by atoms with van der Waals surface area (Å²) in [5.74, 6) is 0. The molecule has 0 aliphatic carbocycles. The van der Waals surface area contributed by atoms with E-state index in [1.54, 1.807) is 0 Å². The SMILES string of the molecule is C=CCO[C@@H]1[C@H](OS(=O)(=O)O)[C@@H](OC)O[C@H](CO)[C@H]1OS(=O)(=O)O. The molecular formula is C10H18O12S2. The minimum atomic E-state index is -5.02. The van der Waals surface area contributed by atoms with Gasteiger partial charge in [-0.2, -0.15) is 16.8 Å². The van der Waals surface area contributed by atoms with Crippen LogP contribution >= 0.6 is 0 Å². The molecule has 1 aliphatic rings. The summed E-state index contributed by atoms with van der Waals surface area (Å²) in [5.41, 5.74) is 0. The number of rotatable bonds is 9. The average Bonchev–Trinajstić information content (AvgIpc) is 2.44. The van der Waals surface area contributed by atoms with Crippen molar-refractivity contribution in [3.8, 4) is 0 Å². The zero-order valence-corrected chi connectivity index (χ0v) is 14.1. The topological polar surface area (TPSA) is 175 Å². The van der Waals surface area contributed by atoms with Crippen molar-refractivity contribution in [3.05, 3.63) is 12.7 Å². The molecule has 1 saturated heterocycles. The average molecular weight is 394 g/mol. The zero-order chi connectivity index (χ0) is 18.5. The lowest BCUT2D eigenvalue weighted by atomic mass is 9.99. The van der Waals surface area contributed by atoms with E-state index in [1.807, 2.05) is 0 Å². The Hall–Kier alpha value is -0.680. The Labute approximate surface area is 138 Å². The molecular weight excluding hydrogens is 376 g/mol. The predicted octanol–water partition coefficient (Wildman–Crippen LogP) is -1.70. The second kappa shape index (κ2) is 8.61. The molecule has 1 aliphatic heterocycles. The van der Waals surface area contributed by atoms with E-state index >= 15 is 0 Å². The van der Waals surface area contributed by atoms with E-state index in [2.05, 4.69) is 14.9 Å². The molecule has 142 valence electrons. The Kier molecular flexibility index (Phi) is 7.67. The van der Waals surface area contributed by atoms with Crippen molar-refractivity contribution in [1.29, 1.82) is 0 Å². The molecule has 0 amide bonds. The molecule has 5 atom stereocenters. The lowest BCUT2D eigenvalue weighted by Crippen LogP contribution is -2.62. The van der Waals surface area contributed by atoms with Crippen LogP contribution in [0.3, 0.4) is 0 Å². The third-order valence-electron chi connectivity index (χ3n) is 2.88. The van der Waals surface area contributed by atoms with Crippen molar-refractivity contribution in [3.63, 3.8) is 0 Å². The summed E-state index contributed by atoms with van der Waals surface area (Å²) < 4.78 is 85.8. The molecule has 1 heterocycles. The van der Waals surface area contributed by atoms with Gasteiger partial charge in [-0.3, -0.25) is 9.11 Å². The fourth-order valence-electron chi connectivity index (χ4n) is 2.08. The second-order valence-corrected chi connectivity index (χ2v) is 6.62. The van der Waals surface area contributed by atoms with Gasteiger partial charge in [0.25, 0.3) is 0 Å². The zero-order valence-electron chi connectivity index (χ0n) is 12.4. The van der Waals surface area contributed by atoms with Gasteiger partial charge < -0.3 is 19.3 Å². The molecule has 24 heavy (non-hydrogen) atoms. The smallest absolute Gasteiger partial charge is 0.394 e. The van der Waals surface area contributed by atoms with Crippen LogP contribution in [0.25, 0.3) is 0 Å². The van der Waals surface area contributed by atoms with Crippen molar-refractivity contribution in [2.75, 3.05) is 20.3 Å². The number of hydrogen-bond donors (Lipinski definition) is 3. The monoisotopic (exact) mass is 394 g/mol. The maximum Gasteiger partial charge on any atom is 0.397 e. The van der Waals surface area contributed by atoms with Crippen LogP contribution in [0.4, 0.5) is 0 Å². The third kappa shape index (κ3) is 6.32. The van der Waals surface area contributed by atoms with Gasteiger partial charge in [0.2, 0.25) is 0 Å². The van der Waals surface area contributed by atoms with Gasteiger partial charge in [0, 0.05) is 7.11 Å². The Bertz CT molecular complexity index is 566. The standard InChI is InChI=1S/C10H18O12S2/c1-3-4-19-8-7(21-23(12,13)14)6(5-11)20-10(18-2)9(8)22-24(15,16)17/h3,6-11H,1,4-5H2,2H3,(H,12,13,14)(H,15,16,17)/t6-,7-,8+,9+,10+/m1/s1. The largest absolute Gasteiger partial charge is 0.397 e. The first kappa shape index (κ1) is 21.4. The first-order valence-electron chi connectivity index (χ1n) is 6.35. The minimum absolute atomic E-state index is 0.212. The fraction of sp³-hybridized carbons (Fsp3) is 0.800. The first-order chi connectivity index (χ1) is 11.0. The van der Waals surface area contributed by atoms with E-state index in [4.69, 9.17) is 23.3 Å². The van der Waals surface area contributed by atoms with E-state index in [1.165, 1.54) is 6.08 Å². The maximum atomic E-state index is 11.0. The minimum Gasteiger partial charge on any atom is -0.394 e. The van der Waals surface area contributed by atoms with Crippen LogP contribution in [0.2, 0.25) is 0 Å². The van der Waals surface area contributed by atoms with Gasteiger partial charge in [-0.1, -0.05) is 6.08 Å². The lowest BCUT2D eigenvalue weighted by Gasteiger charge is -2.43. The van der Waals surface area contributed by atoms with E-state index in [9.17, 15) is 21.9 Å². The van der Waals surface area contributed by atoms with E-state index in [0.717, 1.165) is 7.11 Å². The van der Waals surface area contributed by atoms with Gasteiger partial charge in [-0.25, -0.2) is 8.37 Å². The van der Waals surface area contributed by atoms with Crippen molar-refractivity contribution in [1.82, 2.24) is 0 Å². The van der Waals surface area contributed by atoms with E-state index in [0.29, 0.717) is 0 Å². The fourth-order valence-corrected chi connectivity index (χ4v) is 3.08. The maximum absolute atomic E-state index is 11.0. The quantitative estimate of drug-likeness (QED) is 0.299. The Balaban J connectivity index is 3.26. The van der Waals surface area contributed by atoms with Crippen molar-refractivity contribution < 1.29 is 53.6 Å². The molecule has 0 aromatic heterocycles. The highest BCUT2D eigenvalue weighted by Gasteiger charge is 2.51. The van der Waals surface area contributed by atoms with Crippen LogP contribution in [0.15, 0.2) is 12.7 Å². The van der Waals surface area contributed by atoms with Crippen LogP contribution in [-0.2, 0) is 43.4 Å². The summed E-state index contributed by atoms with van der Waals surface area (Å²) >= 11 is 0. The number of ether oxygens (including phenoxy) is 3. The molecule has 14 heteroatoms. The van der Waals surface area contributed by atoms with Crippen LogP contribution in [-0.4, -0.2) is 82.1 Å². The van der Waals surface area contributed by atoms with Crippen LogP contribution in [0.1, 0.15) is 0 Å². The molecule has 0 aromatic carbocycles. The summed E-state index contributed by atoms with van der Waals surface area (Å²) in [5, 5.41) is 9.31. The summed E-state index contributed by atoms with van der Waals surface area (Å²) in [6, 6.07) is 0. The van der Waals surface area contributed by atoms with Gasteiger partial charge in [0.05, 0.1) is 13.2 Å². The summed E-state index contributed by atoms with van der Waals surface area (Å²) in [6.07, 6.45) is -6.56. The van der Waals surface area contributed by atoms with Gasteiger partial charge in [0.1, 0.15) is 18.3 Å². The van der Waals surface area contributed by atoms with E-state index < -0.39 is 58.1 Å². The molecule has 0 spiro atoms. The Morgan fingerprint density at radius 1 is 1.08 bits per heavy atom. The van der Waals surface area contributed by atoms with Crippen LogP contribution < -0.4 is 0 Å². The number of hydrogen-bond acceptors (Lipinski definition) is 10. The lowest BCUT2D eigenvalue weighted by molar-refractivity contribution is -0.290. The molecule has 0 unspecified atom stereocenters. The summed E-state index contributed by atoms with van der Waals surface area (Å²) in [7, 11) is -8.93. The molecule has 0 saturated carbocycles. The molecule has 12 nitrogen and oxygen atoms in total. The Morgan fingerprint density at radius 3 is 2.04 bits per heavy atom. The van der Waals surface area contributed by atoms with Gasteiger partial charge in [-0.05, 0) is 0 Å². The first-order valence-corrected chi connectivity index (χ1v) is 9.08. The van der Waals surface area contributed by atoms with Gasteiger partial charge >= 0.3 is 20.8 Å². The van der Waals surface area contributed by atoms with Crippen molar-refractivity contribution in [2.45, 2.75) is 30.7 Å². The highest BCUT2D eigenvalue weighted by molar-refractivity contribution is 7.81. The molecule has 0 aromatic rings. The Morgan fingerprint density at radius 2 is 1.62 bits per heavy atom.